The number of aryl methyl sites for hydroxylation is 1. The monoisotopic (exact) mass is 395 g/mol. The van der Waals surface area contributed by atoms with Gasteiger partial charge < -0.3 is 14.6 Å². The van der Waals surface area contributed by atoms with Crippen LogP contribution in [0.3, 0.4) is 0 Å². The number of carbonyl (C=O) groups is 2. The van der Waals surface area contributed by atoms with Crippen LogP contribution in [-0.4, -0.2) is 59.9 Å². The molecule has 0 spiro atoms. The lowest BCUT2D eigenvalue weighted by atomic mass is 9.97. The number of furan rings is 1. The van der Waals surface area contributed by atoms with Gasteiger partial charge in [-0.3, -0.25) is 14.5 Å². The lowest BCUT2D eigenvalue weighted by molar-refractivity contribution is -0.130. The Kier molecular flexibility index (Phi) is 6.16. The van der Waals surface area contributed by atoms with E-state index in [0.717, 1.165) is 44.9 Å². The van der Waals surface area contributed by atoms with Crippen molar-refractivity contribution < 1.29 is 14.0 Å². The zero-order valence-electron chi connectivity index (χ0n) is 16.1. The van der Waals surface area contributed by atoms with Gasteiger partial charge in [-0.25, -0.2) is 0 Å². The molecule has 0 radical (unpaired) electrons. The van der Waals surface area contributed by atoms with Crippen LogP contribution in [0.5, 0.6) is 0 Å². The van der Waals surface area contributed by atoms with Crippen LogP contribution in [0.4, 0.5) is 0 Å². The van der Waals surface area contributed by atoms with Gasteiger partial charge in [-0.2, -0.15) is 0 Å². The number of nitrogens with one attached hydrogen (secondary N) is 1. The van der Waals surface area contributed by atoms with E-state index in [1.165, 1.54) is 12.8 Å². The van der Waals surface area contributed by atoms with Crippen LogP contribution in [0.2, 0.25) is 0 Å². The highest BCUT2D eigenvalue weighted by Gasteiger charge is 2.45. The van der Waals surface area contributed by atoms with E-state index in [-0.39, 0.29) is 30.3 Å². The fourth-order valence-corrected chi connectivity index (χ4v) is 4.73. The minimum atomic E-state index is -0.0138. The average Bonchev–Trinajstić information content (AvgIpc) is 3.25. The molecule has 1 N–H and O–H groups in total. The fourth-order valence-electron chi connectivity index (χ4n) is 4.73. The molecule has 0 bridgehead atoms. The Morgan fingerprint density at radius 3 is 2.41 bits per heavy atom. The predicted molar refractivity (Wildman–Crippen MR) is 105 cm³/mol. The van der Waals surface area contributed by atoms with E-state index in [4.69, 9.17) is 4.42 Å². The highest BCUT2D eigenvalue weighted by atomic mass is 35.5. The molecule has 6 nitrogen and oxygen atoms in total. The van der Waals surface area contributed by atoms with Gasteiger partial charge in [0.1, 0.15) is 5.76 Å². The molecule has 4 rings (SSSR count). The number of hydrogen-bond donors (Lipinski definition) is 1. The number of amides is 2. The molecule has 27 heavy (non-hydrogen) atoms. The molecule has 3 aliphatic rings. The van der Waals surface area contributed by atoms with E-state index in [9.17, 15) is 9.59 Å². The Hall–Kier alpha value is -1.53. The third kappa shape index (κ3) is 4.32. The molecule has 7 heteroatoms. The van der Waals surface area contributed by atoms with Gasteiger partial charge in [0.25, 0.3) is 5.91 Å². The zero-order chi connectivity index (χ0) is 18.3. The summed E-state index contributed by atoms with van der Waals surface area (Å²) in [5, 5.41) is 3.28. The molecule has 1 aromatic heterocycles. The molecule has 2 atom stereocenters. The summed E-state index contributed by atoms with van der Waals surface area (Å²) in [5.41, 5.74) is 0.646. The van der Waals surface area contributed by atoms with E-state index in [0.29, 0.717) is 23.3 Å². The number of halogens is 1. The second kappa shape index (κ2) is 8.23. The summed E-state index contributed by atoms with van der Waals surface area (Å²) in [4.78, 5) is 28.7. The topological polar surface area (TPSA) is 65.8 Å². The summed E-state index contributed by atoms with van der Waals surface area (Å²) in [5.74, 6) is 2.16. The molecule has 0 aromatic carbocycles. The third-order valence-corrected chi connectivity index (χ3v) is 6.47. The Bertz CT molecular complexity index is 680. The van der Waals surface area contributed by atoms with Crippen molar-refractivity contribution in [3.05, 3.63) is 23.7 Å². The summed E-state index contributed by atoms with van der Waals surface area (Å²) in [7, 11) is 0. The van der Waals surface area contributed by atoms with E-state index in [2.05, 4.69) is 10.2 Å². The van der Waals surface area contributed by atoms with Gasteiger partial charge in [0.05, 0.1) is 11.8 Å². The van der Waals surface area contributed by atoms with Crippen LogP contribution in [0.25, 0.3) is 0 Å². The second-order valence-corrected chi connectivity index (χ2v) is 8.16. The lowest BCUT2D eigenvalue weighted by Crippen LogP contribution is -2.46. The first-order valence-corrected chi connectivity index (χ1v) is 9.87. The molecule has 2 saturated heterocycles. The van der Waals surface area contributed by atoms with Crippen molar-refractivity contribution in [1.29, 1.82) is 0 Å². The predicted octanol–water partition coefficient (Wildman–Crippen LogP) is 2.46. The molecule has 150 valence electrons. The summed E-state index contributed by atoms with van der Waals surface area (Å²) in [6.45, 7) is 7.20. The molecule has 0 unspecified atom stereocenters. The molecule has 1 aromatic rings. The zero-order valence-corrected chi connectivity index (χ0v) is 17.0. The molecule has 1 aliphatic carbocycles. The second-order valence-electron chi connectivity index (χ2n) is 8.16. The third-order valence-electron chi connectivity index (χ3n) is 6.47. The summed E-state index contributed by atoms with van der Waals surface area (Å²) in [6, 6.07) is 2.50. The number of piperidine rings is 1. The number of carbonyl (C=O) groups excluding carboxylic acids is 2. The van der Waals surface area contributed by atoms with Crippen LogP contribution in [0.15, 0.2) is 16.7 Å². The Morgan fingerprint density at radius 1 is 1.15 bits per heavy atom. The summed E-state index contributed by atoms with van der Waals surface area (Å²) in [6.07, 6.45) is 6.24. The van der Waals surface area contributed by atoms with Crippen molar-refractivity contribution in [3.8, 4) is 0 Å². The van der Waals surface area contributed by atoms with Gasteiger partial charge in [0.15, 0.2) is 0 Å². The highest BCUT2D eigenvalue weighted by Crippen LogP contribution is 2.42. The van der Waals surface area contributed by atoms with Gasteiger partial charge >= 0.3 is 0 Å². The van der Waals surface area contributed by atoms with E-state index < -0.39 is 0 Å². The van der Waals surface area contributed by atoms with Crippen LogP contribution in [-0.2, 0) is 4.79 Å². The maximum absolute atomic E-state index is 12.6. The number of likely N-dealkylation sites (tertiary alicyclic amines) is 2. The van der Waals surface area contributed by atoms with Crippen molar-refractivity contribution in [3.63, 3.8) is 0 Å². The minimum absolute atomic E-state index is 0. The molecular weight excluding hydrogens is 366 g/mol. The first-order chi connectivity index (χ1) is 12.5. The van der Waals surface area contributed by atoms with Crippen molar-refractivity contribution in [2.75, 3.05) is 26.2 Å². The van der Waals surface area contributed by atoms with E-state index in [1.54, 1.807) is 19.3 Å². The largest absolute Gasteiger partial charge is 0.469 e. The number of hydrogen-bond acceptors (Lipinski definition) is 4. The van der Waals surface area contributed by atoms with Crippen LogP contribution in [0, 0.1) is 18.8 Å². The number of nitrogens with zero attached hydrogens (tertiary/aromatic N) is 2. The Morgan fingerprint density at radius 2 is 1.85 bits per heavy atom. The van der Waals surface area contributed by atoms with Crippen molar-refractivity contribution in [2.45, 2.75) is 51.6 Å². The van der Waals surface area contributed by atoms with Crippen molar-refractivity contribution in [1.82, 2.24) is 15.1 Å². The minimum Gasteiger partial charge on any atom is -0.469 e. The standard InChI is InChI=1S/C20H29N3O3.ClH/c1-13-17(7-10-26-13)20(25)21-19-12-23(11-18(19)15-3-4-15)16-5-8-22(9-6-16)14(2)24;/h7,10,15-16,18-19H,3-6,8-9,11-12H2,1-2H3,(H,21,25);1H/t18-,19+;/m1./s1. The molecule has 3 fully saturated rings. The summed E-state index contributed by atoms with van der Waals surface area (Å²) < 4.78 is 5.28. The quantitative estimate of drug-likeness (QED) is 0.850. The lowest BCUT2D eigenvalue weighted by Gasteiger charge is -2.36. The van der Waals surface area contributed by atoms with Crippen LogP contribution in [0.1, 0.15) is 48.7 Å². The fraction of sp³-hybridized carbons (Fsp3) is 0.700. The van der Waals surface area contributed by atoms with Crippen LogP contribution >= 0.6 is 12.4 Å². The van der Waals surface area contributed by atoms with Gasteiger partial charge in [-0.15, -0.1) is 12.4 Å². The molecular formula is C20H30ClN3O3. The van der Waals surface area contributed by atoms with E-state index >= 15 is 0 Å². The normalized spacial score (nSPS) is 26.7. The van der Waals surface area contributed by atoms with Gasteiger partial charge in [0.2, 0.25) is 5.91 Å². The molecule has 2 amide bonds. The molecule has 1 saturated carbocycles. The van der Waals surface area contributed by atoms with Gasteiger partial charge in [0, 0.05) is 45.2 Å². The summed E-state index contributed by atoms with van der Waals surface area (Å²) >= 11 is 0. The highest BCUT2D eigenvalue weighted by molar-refractivity contribution is 5.95. The van der Waals surface area contributed by atoms with Gasteiger partial charge in [-0.05, 0) is 50.5 Å². The smallest absolute Gasteiger partial charge is 0.255 e. The van der Waals surface area contributed by atoms with Crippen molar-refractivity contribution >= 4 is 24.2 Å². The molecule has 2 aliphatic heterocycles. The van der Waals surface area contributed by atoms with Crippen LogP contribution < -0.4 is 5.32 Å². The first kappa shape index (κ1) is 20.2. The maximum Gasteiger partial charge on any atom is 0.255 e. The van der Waals surface area contributed by atoms with Crippen molar-refractivity contribution in [2.24, 2.45) is 11.8 Å². The molecule has 3 heterocycles. The van der Waals surface area contributed by atoms with Gasteiger partial charge in [-0.1, -0.05) is 0 Å². The number of rotatable bonds is 4. The Labute approximate surface area is 167 Å². The Balaban J connectivity index is 0.00000210. The van der Waals surface area contributed by atoms with E-state index in [1.807, 2.05) is 11.8 Å². The first-order valence-electron chi connectivity index (χ1n) is 9.87. The maximum atomic E-state index is 12.6. The SMILES string of the molecule is CC(=O)N1CCC(N2C[C@H](NC(=O)c3ccoc3C)[C@@H](C3CC3)C2)CC1.Cl. The average molecular weight is 396 g/mol.